The van der Waals surface area contributed by atoms with E-state index in [-0.39, 0.29) is 28.7 Å². The van der Waals surface area contributed by atoms with E-state index in [1.54, 1.807) is 18.2 Å². The van der Waals surface area contributed by atoms with Gasteiger partial charge in [-0.1, -0.05) is 24.3 Å². The number of alkyl halides is 3. The number of amides is 1. The number of para-hydroxylation sites is 1. The molecule has 4 nitrogen and oxygen atoms in total. The van der Waals surface area contributed by atoms with E-state index in [1.807, 2.05) is 0 Å². The fraction of sp³-hybridized carbons (Fsp3) is 0.333. The highest BCUT2D eigenvalue weighted by atomic mass is 19.4. The predicted octanol–water partition coefficient (Wildman–Crippen LogP) is 5.99. The topological polar surface area (TPSA) is 54.0 Å². The molecular weight excluding hydrogens is 441 g/mol. The fourth-order valence-electron chi connectivity index (χ4n) is 4.13. The number of fused-ring (bicyclic) bond motifs is 1. The molecule has 1 amide bonds. The number of aromatic nitrogens is 1. The Morgan fingerprint density at radius 2 is 1.64 bits per heavy atom. The predicted molar refractivity (Wildman–Crippen MR) is 115 cm³/mol. The number of aryl methyl sites for hydroxylation is 1. The second kappa shape index (κ2) is 8.96. The Hall–Kier alpha value is -3.23. The molecule has 0 spiro atoms. The molecule has 1 saturated carbocycles. The standard InChI is InChI=1S/C24H22F5N3O/c1-13-6-11-17(22(26)21(13)25)23(33)31-15-9-7-14(8-10-15)30-19-12-20(24(27,28)29)32-18-5-3-2-4-16(18)19/h2-6,11-12,14-15H,7-10H2,1H3,(H,30,32)(H,31,33)/t14-,15+. The number of carbonyl (C=O) groups is 1. The van der Waals surface area contributed by atoms with Crippen LogP contribution in [0.4, 0.5) is 27.6 Å². The first-order valence-corrected chi connectivity index (χ1v) is 10.6. The van der Waals surface area contributed by atoms with Gasteiger partial charge in [-0.05, 0) is 56.4 Å². The molecule has 4 rings (SSSR count). The van der Waals surface area contributed by atoms with E-state index in [4.69, 9.17) is 0 Å². The van der Waals surface area contributed by atoms with Crippen molar-refractivity contribution in [2.45, 2.75) is 50.9 Å². The van der Waals surface area contributed by atoms with Crippen LogP contribution in [0.25, 0.3) is 10.9 Å². The van der Waals surface area contributed by atoms with Gasteiger partial charge in [0.05, 0.1) is 11.1 Å². The van der Waals surface area contributed by atoms with E-state index >= 15 is 0 Å². The average Bonchev–Trinajstić information content (AvgIpc) is 2.78. The van der Waals surface area contributed by atoms with Gasteiger partial charge in [-0.2, -0.15) is 13.2 Å². The van der Waals surface area contributed by atoms with Crippen molar-refractivity contribution in [3.8, 4) is 0 Å². The number of anilines is 1. The van der Waals surface area contributed by atoms with Gasteiger partial charge in [0.1, 0.15) is 5.69 Å². The molecule has 33 heavy (non-hydrogen) atoms. The van der Waals surface area contributed by atoms with Crippen LogP contribution in [-0.2, 0) is 6.18 Å². The molecule has 0 unspecified atom stereocenters. The van der Waals surface area contributed by atoms with Crippen molar-refractivity contribution in [3.63, 3.8) is 0 Å². The van der Waals surface area contributed by atoms with Gasteiger partial charge < -0.3 is 10.6 Å². The third-order valence-electron chi connectivity index (χ3n) is 5.95. The summed E-state index contributed by atoms with van der Waals surface area (Å²) in [5, 5.41) is 6.53. The zero-order chi connectivity index (χ0) is 23.8. The van der Waals surface area contributed by atoms with Gasteiger partial charge in [-0.3, -0.25) is 4.79 Å². The lowest BCUT2D eigenvalue weighted by atomic mass is 9.90. The van der Waals surface area contributed by atoms with E-state index in [0.29, 0.717) is 36.8 Å². The molecule has 3 aromatic rings. The van der Waals surface area contributed by atoms with Crippen LogP contribution in [0.2, 0.25) is 0 Å². The van der Waals surface area contributed by atoms with Gasteiger partial charge >= 0.3 is 6.18 Å². The minimum absolute atomic E-state index is 0.0985. The summed E-state index contributed by atoms with van der Waals surface area (Å²) in [5.41, 5.74) is -0.577. The molecule has 0 atom stereocenters. The lowest BCUT2D eigenvalue weighted by Gasteiger charge is -2.30. The molecule has 2 N–H and O–H groups in total. The maximum Gasteiger partial charge on any atom is 0.433 e. The molecule has 0 radical (unpaired) electrons. The summed E-state index contributed by atoms with van der Waals surface area (Å²) in [6, 6.07) is 9.91. The Morgan fingerprint density at radius 1 is 0.970 bits per heavy atom. The molecule has 9 heteroatoms. The highest BCUT2D eigenvalue weighted by Crippen LogP contribution is 2.34. The SMILES string of the molecule is Cc1ccc(C(=O)N[C@H]2CC[C@@H](Nc3cc(C(F)(F)F)nc4ccccc34)CC2)c(F)c1F. The summed E-state index contributed by atoms with van der Waals surface area (Å²) >= 11 is 0. The normalized spacial score (nSPS) is 18.8. The van der Waals surface area contributed by atoms with E-state index in [9.17, 15) is 26.7 Å². The molecule has 1 fully saturated rings. The molecular formula is C24H22F5N3O. The molecule has 0 saturated heterocycles. The van der Waals surface area contributed by atoms with Crippen molar-refractivity contribution in [2.75, 3.05) is 5.32 Å². The van der Waals surface area contributed by atoms with E-state index < -0.39 is 29.4 Å². The van der Waals surface area contributed by atoms with E-state index in [2.05, 4.69) is 15.6 Å². The molecule has 1 aliphatic carbocycles. The maximum atomic E-state index is 14.1. The van der Waals surface area contributed by atoms with Crippen molar-refractivity contribution in [3.05, 3.63) is 70.9 Å². The van der Waals surface area contributed by atoms with Gasteiger partial charge in [0.15, 0.2) is 11.6 Å². The lowest BCUT2D eigenvalue weighted by Crippen LogP contribution is -2.40. The molecule has 0 aliphatic heterocycles. The van der Waals surface area contributed by atoms with Crippen LogP contribution in [-0.4, -0.2) is 23.0 Å². The van der Waals surface area contributed by atoms with Crippen LogP contribution in [0.5, 0.6) is 0 Å². The number of hydrogen-bond acceptors (Lipinski definition) is 3. The van der Waals surface area contributed by atoms with Gasteiger partial charge in [-0.15, -0.1) is 0 Å². The first-order chi connectivity index (χ1) is 15.6. The van der Waals surface area contributed by atoms with Crippen molar-refractivity contribution in [1.82, 2.24) is 10.3 Å². The fourth-order valence-corrected chi connectivity index (χ4v) is 4.13. The van der Waals surface area contributed by atoms with Gasteiger partial charge in [0.25, 0.3) is 5.91 Å². The van der Waals surface area contributed by atoms with Gasteiger partial charge in [0.2, 0.25) is 0 Å². The molecule has 1 aliphatic rings. The first kappa shape index (κ1) is 22.9. The smallest absolute Gasteiger partial charge is 0.382 e. The number of halogens is 5. The molecule has 0 bridgehead atoms. The monoisotopic (exact) mass is 463 g/mol. The van der Waals surface area contributed by atoms with E-state index in [0.717, 1.165) is 6.07 Å². The summed E-state index contributed by atoms with van der Waals surface area (Å²) in [7, 11) is 0. The second-order valence-corrected chi connectivity index (χ2v) is 8.29. The Bertz CT molecular complexity index is 1190. The number of pyridine rings is 1. The van der Waals surface area contributed by atoms with E-state index in [1.165, 1.54) is 25.1 Å². The van der Waals surface area contributed by atoms with Gasteiger partial charge in [-0.25, -0.2) is 13.8 Å². The maximum absolute atomic E-state index is 14.1. The van der Waals surface area contributed by atoms with Crippen LogP contribution in [0.1, 0.15) is 47.3 Å². The zero-order valence-corrected chi connectivity index (χ0v) is 17.8. The van der Waals surface area contributed by atoms with Gasteiger partial charge in [0, 0.05) is 23.2 Å². The first-order valence-electron chi connectivity index (χ1n) is 10.6. The quantitative estimate of drug-likeness (QED) is 0.467. The number of nitrogens with one attached hydrogen (secondary N) is 2. The largest absolute Gasteiger partial charge is 0.433 e. The van der Waals surface area contributed by atoms with Crippen LogP contribution in [0, 0.1) is 18.6 Å². The number of nitrogens with zero attached hydrogens (tertiary/aromatic N) is 1. The lowest BCUT2D eigenvalue weighted by molar-refractivity contribution is -0.140. The molecule has 174 valence electrons. The van der Waals surface area contributed by atoms with Crippen molar-refractivity contribution in [1.29, 1.82) is 0 Å². The van der Waals surface area contributed by atoms with Crippen molar-refractivity contribution >= 4 is 22.5 Å². The Kier molecular flexibility index (Phi) is 6.23. The summed E-state index contributed by atoms with van der Waals surface area (Å²) in [5.74, 6) is -2.90. The highest BCUT2D eigenvalue weighted by molar-refractivity contribution is 5.95. The molecule has 2 aromatic carbocycles. The van der Waals surface area contributed by atoms with Crippen LogP contribution in [0.15, 0.2) is 42.5 Å². The Balaban J connectivity index is 1.42. The second-order valence-electron chi connectivity index (χ2n) is 8.29. The third-order valence-corrected chi connectivity index (χ3v) is 5.95. The zero-order valence-electron chi connectivity index (χ0n) is 17.8. The van der Waals surface area contributed by atoms with Crippen LogP contribution < -0.4 is 10.6 Å². The Morgan fingerprint density at radius 3 is 2.33 bits per heavy atom. The molecule has 1 aromatic heterocycles. The minimum Gasteiger partial charge on any atom is -0.382 e. The molecule has 1 heterocycles. The van der Waals surface area contributed by atoms with Crippen molar-refractivity contribution < 1.29 is 26.7 Å². The number of rotatable bonds is 4. The van der Waals surface area contributed by atoms with Crippen LogP contribution in [0.3, 0.4) is 0 Å². The van der Waals surface area contributed by atoms with Crippen LogP contribution >= 0.6 is 0 Å². The minimum atomic E-state index is -4.56. The summed E-state index contributed by atoms with van der Waals surface area (Å²) in [6.07, 6.45) is -2.28. The van der Waals surface area contributed by atoms with Crippen molar-refractivity contribution in [2.24, 2.45) is 0 Å². The number of benzene rings is 2. The summed E-state index contributed by atoms with van der Waals surface area (Å²) < 4.78 is 67.7. The summed E-state index contributed by atoms with van der Waals surface area (Å²) in [4.78, 5) is 16.1. The Labute approximate surface area is 187 Å². The average molecular weight is 463 g/mol. The highest BCUT2D eigenvalue weighted by Gasteiger charge is 2.34. The number of hydrogen-bond donors (Lipinski definition) is 2. The number of carbonyl (C=O) groups excluding carboxylic acids is 1. The summed E-state index contributed by atoms with van der Waals surface area (Å²) in [6.45, 7) is 1.41. The third kappa shape index (κ3) is 4.91.